The highest BCUT2D eigenvalue weighted by Crippen LogP contribution is 2.14. The summed E-state index contributed by atoms with van der Waals surface area (Å²) in [4.78, 5) is 20.2. The summed E-state index contributed by atoms with van der Waals surface area (Å²) in [5.41, 5.74) is 6.06. The molecular formula is C10H10N4OS. The van der Waals surface area contributed by atoms with Crippen LogP contribution in [-0.4, -0.2) is 15.9 Å². The van der Waals surface area contributed by atoms with Crippen LogP contribution in [0.1, 0.15) is 14.7 Å². The van der Waals surface area contributed by atoms with Crippen LogP contribution in [0.15, 0.2) is 24.5 Å². The Hall–Kier alpha value is -1.95. The van der Waals surface area contributed by atoms with Crippen molar-refractivity contribution in [1.82, 2.24) is 9.97 Å². The zero-order valence-electron chi connectivity index (χ0n) is 8.60. The number of nitrogens with two attached hydrogens (primary N) is 1. The number of carbonyl (C=O) groups excluding carboxylic acids is 1. The lowest BCUT2D eigenvalue weighted by Gasteiger charge is -2.02. The molecule has 0 atom stereocenters. The maximum Gasteiger partial charge on any atom is 0.267 e. The maximum atomic E-state index is 11.7. The van der Waals surface area contributed by atoms with Crippen LogP contribution in [0.3, 0.4) is 0 Å². The molecule has 2 aromatic heterocycles. The minimum absolute atomic E-state index is 0.183. The average molecular weight is 234 g/mol. The summed E-state index contributed by atoms with van der Waals surface area (Å²) in [7, 11) is 0. The number of aromatic nitrogens is 2. The number of nitrogens with zero attached hydrogens (tertiary/aromatic N) is 2. The van der Waals surface area contributed by atoms with Crippen LogP contribution in [0.2, 0.25) is 0 Å². The van der Waals surface area contributed by atoms with Gasteiger partial charge in [0, 0.05) is 0 Å². The third kappa shape index (κ3) is 2.34. The van der Waals surface area contributed by atoms with Gasteiger partial charge in [-0.25, -0.2) is 9.97 Å². The first-order valence-electron chi connectivity index (χ1n) is 4.60. The van der Waals surface area contributed by atoms with Gasteiger partial charge in [0.25, 0.3) is 5.91 Å². The Bertz CT molecular complexity index is 506. The largest absolute Gasteiger partial charge is 0.384 e. The van der Waals surface area contributed by atoms with Crippen molar-refractivity contribution in [2.24, 2.45) is 0 Å². The number of aryl methyl sites for hydroxylation is 1. The van der Waals surface area contributed by atoms with Crippen molar-refractivity contribution in [1.29, 1.82) is 0 Å². The van der Waals surface area contributed by atoms with Crippen LogP contribution < -0.4 is 11.1 Å². The van der Waals surface area contributed by atoms with E-state index in [4.69, 9.17) is 5.73 Å². The van der Waals surface area contributed by atoms with Crippen molar-refractivity contribution in [2.75, 3.05) is 11.1 Å². The highest BCUT2D eigenvalue weighted by Gasteiger charge is 2.09. The molecule has 0 aliphatic rings. The van der Waals surface area contributed by atoms with Crippen molar-refractivity contribution in [2.45, 2.75) is 6.92 Å². The fourth-order valence-corrected chi connectivity index (χ4v) is 1.81. The third-order valence-electron chi connectivity index (χ3n) is 1.89. The maximum absolute atomic E-state index is 11.7. The summed E-state index contributed by atoms with van der Waals surface area (Å²) in [5.74, 6) is 0.240. The van der Waals surface area contributed by atoms with E-state index in [1.54, 1.807) is 18.3 Å². The Morgan fingerprint density at radius 3 is 2.75 bits per heavy atom. The Kier molecular flexibility index (Phi) is 2.82. The van der Waals surface area contributed by atoms with Crippen LogP contribution in [0.4, 0.5) is 11.5 Å². The first kappa shape index (κ1) is 10.6. The van der Waals surface area contributed by atoms with Gasteiger partial charge in [-0.3, -0.25) is 4.79 Å². The molecular weight excluding hydrogens is 224 g/mol. The second kappa shape index (κ2) is 4.28. The normalized spacial score (nSPS) is 10.1. The molecule has 0 fully saturated rings. The van der Waals surface area contributed by atoms with Gasteiger partial charge in [-0.05, 0) is 19.1 Å². The summed E-state index contributed by atoms with van der Waals surface area (Å²) < 4.78 is 0. The first-order valence-corrected chi connectivity index (χ1v) is 5.42. The summed E-state index contributed by atoms with van der Waals surface area (Å²) >= 11 is 1.35. The number of amides is 1. The monoisotopic (exact) mass is 234 g/mol. The van der Waals surface area contributed by atoms with E-state index in [2.05, 4.69) is 15.3 Å². The summed E-state index contributed by atoms with van der Waals surface area (Å²) in [6, 6.07) is 3.33. The zero-order chi connectivity index (χ0) is 11.5. The Morgan fingerprint density at radius 2 is 2.19 bits per heavy atom. The van der Waals surface area contributed by atoms with Crippen LogP contribution in [0, 0.1) is 6.92 Å². The number of carbonyl (C=O) groups is 1. The minimum Gasteiger partial charge on any atom is -0.384 e. The van der Waals surface area contributed by atoms with Crippen molar-refractivity contribution in [3.05, 3.63) is 34.4 Å². The van der Waals surface area contributed by atoms with Gasteiger partial charge >= 0.3 is 0 Å². The van der Waals surface area contributed by atoms with Crippen molar-refractivity contribution < 1.29 is 4.79 Å². The molecule has 0 saturated carbocycles. The molecule has 0 unspecified atom stereocenters. The number of thiazole rings is 1. The predicted molar refractivity (Wildman–Crippen MR) is 63.5 cm³/mol. The Labute approximate surface area is 96.3 Å². The molecule has 0 spiro atoms. The average Bonchev–Trinajstić information content (AvgIpc) is 2.68. The van der Waals surface area contributed by atoms with E-state index in [0.717, 1.165) is 5.01 Å². The van der Waals surface area contributed by atoms with Crippen molar-refractivity contribution >= 4 is 28.7 Å². The number of nitrogens with one attached hydrogen (secondary N) is 1. The van der Waals surface area contributed by atoms with Gasteiger partial charge in [0.1, 0.15) is 10.7 Å². The number of hydrogen-bond donors (Lipinski definition) is 2. The SMILES string of the molecule is Cc1ncc(C(=O)Nc2ccc(N)nc2)s1. The van der Waals surface area contributed by atoms with Gasteiger partial charge in [0.05, 0.1) is 23.1 Å². The van der Waals surface area contributed by atoms with Crippen LogP contribution >= 0.6 is 11.3 Å². The van der Waals surface area contributed by atoms with Crippen LogP contribution in [0.5, 0.6) is 0 Å². The molecule has 3 N–H and O–H groups in total. The number of rotatable bonds is 2. The van der Waals surface area contributed by atoms with E-state index < -0.39 is 0 Å². The van der Waals surface area contributed by atoms with Gasteiger partial charge < -0.3 is 11.1 Å². The second-order valence-electron chi connectivity index (χ2n) is 3.17. The summed E-state index contributed by atoms with van der Waals surface area (Å²) in [5, 5.41) is 3.57. The molecule has 2 aromatic rings. The van der Waals surface area contributed by atoms with E-state index in [0.29, 0.717) is 16.4 Å². The van der Waals surface area contributed by atoms with E-state index in [9.17, 15) is 4.79 Å². The number of anilines is 2. The van der Waals surface area contributed by atoms with Gasteiger partial charge in [-0.1, -0.05) is 0 Å². The van der Waals surface area contributed by atoms with Gasteiger partial charge in [-0.15, -0.1) is 11.3 Å². The highest BCUT2D eigenvalue weighted by atomic mass is 32.1. The Balaban J connectivity index is 2.10. The number of nitrogen functional groups attached to an aromatic ring is 1. The number of pyridine rings is 1. The summed E-state index contributed by atoms with van der Waals surface area (Å²) in [6.07, 6.45) is 3.07. The molecule has 16 heavy (non-hydrogen) atoms. The van der Waals surface area contributed by atoms with Crippen LogP contribution in [0.25, 0.3) is 0 Å². The lowest BCUT2D eigenvalue weighted by Crippen LogP contribution is -2.10. The molecule has 0 bridgehead atoms. The molecule has 0 aliphatic heterocycles. The van der Waals surface area contributed by atoms with Gasteiger partial charge in [0.2, 0.25) is 0 Å². The molecule has 2 rings (SSSR count). The topological polar surface area (TPSA) is 80.9 Å². The van der Waals surface area contributed by atoms with E-state index >= 15 is 0 Å². The van der Waals surface area contributed by atoms with Crippen molar-refractivity contribution in [3.63, 3.8) is 0 Å². The lowest BCUT2D eigenvalue weighted by atomic mass is 10.4. The quantitative estimate of drug-likeness (QED) is 0.828. The number of hydrogen-bond acceptors (Lipinski definition) is 5. The standard InChI is InChI=1S/C10H10N4OS/c1-6-12-5-8(16-6)10(15)14-7-2-3-9(11)13-4-7/h2-5H,1H3,(H2,11,13)(H,14,15). The molecule has 5 nitrogen and oxygen atoms in total. The van der Waals surface area contributed by atoms with Crippen molar-refractivity contribution in [3.8, 4) is 0 Å². The van der Waals surface area contributed by atoms with Gasteiger partial charge in [0.15, 0.2) is 0 Å². The fraction of sp³-hybridized carbons (Fsp3) is 0.100. The lowest BCUT2D eigenvalue weighted by molar-refractivity contribution is 0.103. The molecule has 0 saturated heterocycles. The smallest absolute Gasteiger partial charge is 0.267 e. The minimum atomic E-state index is -0.183. The molecule has 6 heteroatoms. The third-order valence-corrected chi connectivity index (χ3v) is 2.80. The van der Waals surface area contributed by atoms with E-state index in [1.807, 2.05) is 6.92 Å². The molecule has 0 aliphatic carbocycles. The fourth-order valence-electron chi connectivity index (χ4n) is 1.14. The molecule has 82 valence electrons. The summed E-state index contributed by atoms with van der Waals surface area (Å²) in [6.45, 7) is 1.85. The van der Waals surface area contributed by atoms with Gasteiger partial charge in [-0.2, -0.15) is 0 Å². The van der Waals surface area contributed by atoms with Crippen LogP contribution in [-0.2, 0) is 0 Å². The molecule has 2 heterocycles. The zero-order valence-corrected chi connectivity index (χ0v) is 9.41. The molecule has 1 amide bonds. The first-order chi connectivity index (χ1) is 7.65. The second-order valence-corrected chi connectivity index (χ2v) is 4.40. The predicted octanol–water partition coefficient (Wildman–Crippen LogP) is 1.68. The van der Waals surface area contributed by atoms with E-state index in [-0.39, 0.29) is 5.91 Å². The molecule has 0 radical (unpaired) electrons. The van der Waals surface area contributed by atoms with E-state index in [1.165, 1.54) is 17.5 Å². The molecule has 0 aromatic carbocycles. The Morgan fingerprint density at radius 1 is 1.38 bits per heavy atom. The highest BCUT2D eigenvalue weighted by molar-refractivity contribution is 7.13.